The lowest BCUT2D eigenvalue weighted by Gasteiger charge is -2.28. The van der Waals surface area contributed by atoms with Gasteiger partial charge in [-0.1, -0.05) is 54.6 Å². The number of ether oxygens (including phenoxy) is 1. The lowest BCUT2D eigenvalue weighted by Crippen LogP contribution is -2.48. The maximum absolute atomic E-state index is 13.0. The van der Waals surface area contributed by atoms with E-state index in [1.54, 1.807) is 31.5 Å². The molecule has 1 aromatic heterocycles. The third kappa shape index (κ3) is 6.17. The first-order valence-electron chi connectivity index (χ1n) is 9.81. The van der Waals surface area contributed by atoms with E-state index in [0.29, 0.717) is 18.8 Å². The summed E-state index contributed by atoms with van der Waals surface area (Å²) in [5.74, 6) is 0.119. The molecule has 30 heavy (non-hydrogen) atoms. The lowest BCUT2D eigenvalue weighted by atomic mass is 10.1. The number of benzene rings is 2. The second kappa shape index (κ2) is 10.8. The van der Waals surface area contributed by atoms with Gasteiger partial charge >= 0.3 is 0 Å². The number of rotatable bonds is 9. The van der Waals surface area contributed by atoms with E-state index in [1.807, 2.05) is 60.7 Å². The summed E-state index contributed by atoms with van der Waals surface area (Å²) in [6.45, 7) is 2.25. The number of carbonyl (C=O) groups excluding carboxylic acids is 2. The van der Waals surface area contributed by atoms with Crippen LogP contribution >= 0.6 is 0 Å². The Labute approximate surface area is 176 Å². The largest absolute Gasteiger partial charge is 0.484 e. The van der Waals surface area contributed by atoms with Crippen LogP contribution < -0.4 is 10.1 Å². The van der Waals surface area contributed by atoms with Crippen LogP contribution in [0.2, 0.25) is 0 Å². The molecular weight excluding hydrogens is 378 g/mol. The molecule has 2 amide bonds. The van der Waals surface area contributed by atoms with Crippen LogP contribution in [0.3, 0.4) is 0 Å². The number of hydrogen-bond donors (Lipinski definition) is 1. The Hall–Kier alpha value is -3.67. The molecule has 6 heteroatoms. The van der Waals surface area contributed by atoms with Gasteiger partial charge in [-0.3, -0.25) is 14.6 Å². The summed E-state index contributed by atoms with van der Waals surface area (Å²) >= 11 is 0. The van der Waals surface area contributed by atoms with Gasteiger partial charge in [-0.15, -0.1) is 0 Å². The molecular formula is C24H25N3O3. The quantitative estimate of drug-likeness (QED) is 0.596. The van der Waals surface area contributed by atoms with E-state index < -0.39 is 6.04 Å². The first-order valence-corrected chi connectivity index (χ1v) is 9.81. The summed E-state index contributed by atoms with van der Waals surface area (Å²) in [6, 6.07) is 21.8. The highest BCUT2D eigenvalue weighted by Gasteiger charge is 2.26. The zero-order chi connectivity index (χ0) is 21.2. The molecule has 1 N–H and O–H groups in total. The Morgan fingerprint density at radius 3 is 2.30 bits per heavy atom. The van der Waals surface area contributed by atoms with E-state index in [1.165, 1.54) is 4.90 Å². The molecule has 2 aromatic carbocycles. The molecule has 1 heterocycles. The van der Waals surface area contributed by atoms with Crippen molar-refractivity contribution in [2.75, 3.05) is 6.61 Å². The molecule has 1 unspecified atom stereocenters. The predicted octanol–water partition coefficient (Wildman–Crippen LogP) is 3.19. The minimum Gasteiger partial charge on any atom is -0.484 e. The van der Waals surface area contributed by atoms with Crippen molar-refractivity contribution in [1.29, 1.82) is 0 Å². The number of hydrogen-bond acceptors (Lipinski definition) is 4. The maximum atomic E-state index is 13.0. The van der Waals surface area contributed by atoms with Crippen molar-refractivity contribution >= 4 is 11.8 Å². The normalized spacial score (nSPS) is 11.4. The number of carbonyl (C=O) groups is 2. The Kier molecular flexibility index (Phi) is 7.55. The molecule has 1 atom stereocenters. The van der Waals surface area contributed by atoms with Gasteiger partial charge in [0.25, 0.3) is 5.91 Å². The average Bonchev–Trinajstić information content (AvgIpc) is 2.81. The van der Waals surface area contributed by atoms with Gasteiger partial charge in [-0.05, 0) is 36.2 Å². The van der Waals surface area contributed by atoms with Crippen molar-refractivity contribution < 1.29 is 14.3 Å². The highest BCUT2D eigenvalue weighted by molar-refractivity contribution is 5.87. The second-order valence-electron chi connectivity index (χ2n) is 6.86. The smallest absolute Gasteiger partial charge is 0.261 e. The fraction of sp³-hybridized carbons (Fsp3) is 0.208. The van der Waals surface area contributed by atoms with Crippen LogP contribution in [0.4, 0.5) is 0 Å². The van der Waals surface area contributed by atoms with Gasteiger partial charge in [0.05, 0.1) is 0 Å². The molecule has 0 spiro atoms. The molecule has 0 aliphatic heterocycles. The minimum atomic E-state index is -0.659. The Morgan fingerprint density at radius 2 is 1.63 bits per heavy atom. The summed E-state index contributed by atoms with van der Waals surface area (Å²) in [5.41, 5.74) is 1.84. The first kappa shape index (κ1) is 21.0. The fourth-order valence-corrected chi connectivity index (χ4v) is 2.95. The van der Waals surface area contributed by atoms with Crippen LogP contribution in [0.15, 0.2) is 85.2 Å². The summed E-state index contributed by atoms with van der Waals surface area (Å²) in [5, 5.41) is 2.88. The number of aromatic nitrogens is 1. The van der Waals surface area contributed by atoms with Crippen molar-refractivity contribution in [3.8, 4) is 5.75 Å². The number of nitrogens with zero attached hydrogens (tertiary/aromatic N) is 2. The molecule has 0 aliphatic rings. The lowest BCUT2D eigenvalue weighted by molar-refractivity contribution is -0.142. The minimum absolute atomic E-state index is 0.142. The van der Waals surface area contributed by atoms with Crippen molar-refractivity contribution in [2.24, 2.45) is 0 Å². The van der Waals surface area contributed by atoms with Crippen LogP contribution in [0.5, 0.6) is 5.75 Å². The van der Waals surface area contributed by atoms with Gasteiger partial charge < -0.3 is 15.0 Å². The van der Waals surface area contributed by atoms with Crippen molar-refractivity contribution in [2.45, 2.75) is 26.1 Å². The van der Waals surface area contributed by atoms with E-state index in [9.17, 15) is 9.59 Å². The molecule has 3 rings (SSSR count). The number of para-hydroxylation sites is 1. The molecule has 0 radical (unpaired) electrons. The summed E-state index contributed by atoms with van der Waals surface area (Å²) < 4.78 is 5.61. The van der Waals surface area contributed by atoms with Gasteiger partial charge in [0.1, 0.15) is 11.8 Å². The van der Waals surface area contributed by atoms with Crippen LogP contribution in [-0.2, 0) is 22.7 Å². The zero-order valence-electron chi connectivity index (χ0n) is 16.9. The molecule has 0 saturated heterocycles. The van der Waals surface area contributed by atoms with E-state index in [0.717, 1.165) is 11.1 Å². The van der Waals surface area contributed by atoms with Gasteiger partial charge in [0.2, 0.25) is 5.91 Å². The topological polar surface area (TPSA) is 71.5 Å². The van der Waals surface area contributed by atoms with Crippen molar-refractivity contribution in [1.82, 2.24) is 15.2 Å². The molecule has 3 aromatic rings. The molecule has 0 saturated carbocycles. The Balaban J connectivity index is 1.67. The van der Waals surface area contributed by atoms with Gasteiger partial charge in [0, 0.05) is 25.5 Å². The standard InChI is InChI=1S/C24H25N3O3/c1-19(24(29)26-16-21-11-8-14-25-15-21)27(17-20-9-4-2-5-10-20)23(28)18-30-22-12-6-3-7-13-22/h2-15,19H,16-18H2,1H3,(H,26,29). The van der Waals surface area contributed by atoms with E-state index in [2.05, 4.69) is 10.3 Å². The van der Waals surface area contributed by atoms with Crippen molar-refractivity contribution in [3.05, 3.63) is 96.3 Å². The van der Waals surface area contributed by atoms with Crippen LogP contribution in [-0.4, -0.2) is 34.3 Å². The van der Waals surface area contributed by atoms with Crippen LogP contribution in [0, 0.1) is 0 Å². The summed E-state index contributed by atoms with van der Waals surface area (Å²) in [7, 11) is 0. The first-order chi connectivity index (χ1) is 14.6. The second-order valence-corrected chi connectivity index (χ2v) is 6.86. The highest BCUT2D eigenvalue weighted by atomic mass is 16.5. The predicted molar refractivity (Wildman–Crippen MR) is 114 cm³/mol. The van der Waals surface area contributed by atoms with E-state index in [4.69, 9.17) is 4.74 Å². The van der Waals surface area contributed by atoms with Gasteiger partial charge in [-0.2, -0.15) is 0 Å². The average molecular weight is 403 g/mol. The van der Waals surface area contributed by atoms with E-state index >= 15 is 0 Å². The molecule has 0 bridgehead atoms. The summed E-state index contributed by atoms with van der Waals surface area (Å²) in [4.78, 5) is 31.3. The molecule has 6 nitrogen and oxygen atoms in total. The van der Waals surface area contributed by atoms with E-state index in [-0.39, 0.29) is 18.4 Å². The van der Waals surface area contributed by atoms with Gasteiger partial charge in [0.15, 0.2) is 6.61 Å². The van der Waals surface area contributed by atoms with Crippen LogP contribution in [0.1, 0.15) is 18.1 Å². The highest BCUT2D eigenvalue weighted by Crippen LogP contribution is 2.12. The van der Waals surface area contributed by atoms with Crippen LogP contribution in [0.25, 0.3) is 0 Å². The number of pyridine rings is 1. The SMILES string of the molecule is CC(C(=O)NCc1cccnc1)N(Cc1ccccc1)C(=O)COc1ccccc1. The Morgan fingerprint density at radius 1 is 0.967 bits per heavy atom. The fourth-order valence-electron chi connectivity index (χ4n) is 2.95. The van der Waals surface area contributed by atoms with Crippen molar-refractivity contribution in [3.63, 3.8) is 0 Å². The number of amides is 2. The monoisotopic (exact) mass is 403 g/mol. The number of nitrogens with one attached hydrogen (secondary N) is 1. The zero-order valence-corrected chi connectivity index (χ0v) is 16.9. The molecule has 0 aliphatic carbocycles. The summed E-state index contributed by atoms with van der Waals surface area (Å²) in [6.07, 6.45) is 3.38. The maximum Gasteiger partial charge on any atom is 0.261 e. The Bertz CT molecular complexity index is 934. The third-order valence-electron chi connectivity index (χ3n) is 4.66. The van der Waals surface area contributed by atoms with Gasteiger partial charge in [-0.25, -0.2) is 0 Å². The third-order valence-corrected chi connectivity index (χ3v) is 4.66. The molecule has 0 fully saturated rings. The molecule has 154 valence electrons.